The molecule has 0 bridgehead atoms. The van der Waals surface area contributed by atoms with Gasteiger partial charge in [-0.25, -0.2) is 4.39 Å². The Morgan fingerprint density at radius 2 is 1.75 bits per heavy atom. The molecule has 0 aromatic heterocycles. The van der Waals surface area contributed by atoms with Crippen LogP contribution in [-0.4, -0.2) is 40.1 Å². The lowest BCUT2D eigenvalue weighted by Crippen LogP contribution is -2.23. The van der Waals surface area contributed by atoms with Gasteiger partial charge in [-0.2, -0.15) is 0 Å². The van der Waals surface area contributed by atoms with Crippen molar-refractivity contribution in [3.63, 3.8) is 0 Å². The van der Waals surface area contributed by atoms with Gasteiger partial charge in [0.2, 0.25) is 0 Å². The monoisotopic (exact) mass is 392 g/mol. The van der Waals surface area contributed by atoms with E-state index in [1.54, 1.807) is 18.2 Å². The van der Waals surface area contributed by atoms with Gasteiger partial charge in [-0.3, -0.25) is 4.79 Å². The fourth-order valence-electron chi connectivity index (χ4n) is 3.89. The molecule has 6 heteroatoms. The van der Waals surface area contributed by atoms with E-state index in [2.05, 4.69) is 12.0 Å². The number of carbonyl (C=O) groups is 1. The molecule has 4 atom stereocenters. The molecule has 5 nitrogen and oxygen atoms in total. The Labute approximate surface area is 165 Å². The summed E-state index contributed by atoms with van der Waals surface area (Å²) in [6.45, 7) is 0.311. The lowest BCUT2D eigenvalue weighted by Gasteiger charge is -2.23. The van der Waals surface area contributed by atoms with Gasteiger partial charge in [-0.1, -0.05) is 31.4 Å². The van der Waals surface area contributed by atoms with Crippen molar-refractivity contribution in [2.45, 2.75) is 63.6 Å². The third kappa shape index (κ3) is 7.14. The number of unbranched alkanes of at least 4 members (excludes halogenated alkanes) is 3. The highest BCUT2D eigenvalue weighted by molar-refractivity contribution is 5.66. The Balaban J connectivity index is 1.72. The molecule has 2 rings (SSSR count). The number of hydrogen-bond donors (Lipinski definition) is 3. The molecule has 154 valence electrons. The summed E-state index contributed by atoms with van der Waals surface area (Å²) >= 11 is 0. The van der Waals surface area contributed by atoms with Gasteiger partial charge in [0.25, 0.3) is 0 Å². The van der Waals surface area contributed by atoms with Crippen molar-refractivity contribution in [3.8, 4) is 12.0 Å². The van der Waals surface area contributed by atoms with Crippen LogP contribution in [0.1, 0.15) is 56.9 Å². The van der Waals surface area contributed by atoms with E-state index in [-0.39, 0.29) is 23.8 Å². The number of hydrogen-bond acceptors (Lipinski definition) is 4. The number of rotatable bonds is 10. The van der Waals surface area contributed by atoms with E-state index < -0.39 is 24.0 Å². The van der Waals surface area contributed by atoms with Gasteiger partial charge >= 0.3 is 5.97 Å². The lowest BCUT2D eigenvalue weighted by atomic mass is 9.86. The minimum Gasteiger partial charge on any atom is -0.481 e. The second-order valence-electron chi connectivity index (χ2n) is 7.39. The molecule has 0 saturated heterocycles. The molecular weight excluding hydrogens is 363 g/mol. The van der Waals surface area contributed by atoms with E-state index in [0.717, 1.165) is 25.7 Å². The standard InChI is InChI=1S/C22H29FO5/c23-19-9-6-5-7-16(19)11-13-28-14-12-18-17(20(24)15-21(18)25)8-3-1-2-4-10-22(26)27/h5-7,9,17-18,20-21,24-25H,1-4,8,10,12,14-15H2,(H,26,27)/t17?,18?,20-,21+/m0/s1. The van der Waals surface area contributed by atoms with Crippen LogP contribution in [-0.2, 0) is 9.53 Å². The summed E-state index contributed by atoms with van der Waals surface area (Å²) in [6.07, 6.45) is 6.71. The highest BCUT2D eigenvalue weighted by Crippen LogP contribution is 2.38. The summed E-state index contributed by atoms with van der Waals surface area (Å²) in [5.41, 5.74) is 0.277. The maximum absolute atomic E-state index is 13.5. The molecule has 2 unspecified atom stereocenters. The predicted molar refractivity (Wildman–Crippen MR) is 103 cm³/mol. The lowest BCUT2D eigenvalue weighted by molar-refractivity contribution is -0.137. The highest BCUT2D eigenvalue weighted by atomic mass is 19.1. The highest BCUT2D eigenvalue weighted by Gasteiger charge is 2.40. The zero-order valence-corrected chi connectivity index (χ0v) is 16.0. The molecule has 0 radical (unpaired) electrons. The van der Waals surface area contributed by atoms with E-state index in [1.165, 1.54) is 6.07 Å². The first-order valence-electron chi connectivity index (χ1n) is 9.94. The molecule has 1 fully saturated rings. The van der Waals surface area contributed by atoms with E-state index in [0.29, 0.717) is 25.9 Å². The van der Waals surface area contributed by atoms with E-state index in [1.807, 2.05) is 0 Å². The van der Waals surface area contributed by atoms with Crippen LogP contribution in [0.4, 0.5) is 4.39 Å². The number of benzene rings is 1. The maximum Gasteiger partial charge on any atom is 0.303 e. The Morgan fingerprint density at radius 3 is 2.46 bits per heavy atom. The summed E-state index contributed by atoms with van der Waals surface area (Å²) in [4.78, 5) is 10.5. The normalized spacial score (nSPS) is 23.8. The van der Waals surface area contributed by atoms with Crippen molar-refractivity contribution in [3.05, 3.63) is 35.6 Å². The van der Waals surface area contributed by atoms with Crippen LogP contribution in [0.3, 0.4) is 0 Å². The smallest absolute Gasteiger partial charge is 0.303 e. The maximum atomic E-state index is 13.5. The van der Waals surface area contributed by atoms with Crippen LogP contribution >= 0.6 is 0 Å². The van der Waals surface area contributed by atoms with Crippen LogP contribution in [0.2, 0.25) is 0 Å². The van der Waals surface area contributed by atoms with Crippen molar-refractivity contribution in [1.82, 2.24) is 0 Å². The molecule has 1 aliphatic carbocycles. The number of carboxylic acids is 1. The van der Waals surface area contributed by atoms with E-state index in [9.17, 15) is 19.4 Å². The molecule has 1 saturated carbocycles. The fraction of sp³-hybridized carbons (Fsp3) is 0.591. The minimum absolute atomic E-state index is 0.0117. The first-order valence-corrected chi connectivity index (χ1v) is 9.94. The summed E-state index contributed by atoms with van der Waals surface area (Å²) < 4.78 is 18.8. The van der Waals surface area contributed by atoms with Crippen molar-refractivity contribution < 1.29 is 29.2 Å². The molecule has 0 spiro atoms. The number of aliphatic carboxylic acids is 1. The molecule has 0 amide bonds. The largest absolute Gasteiger partial charge is 0.481 e. The molecule has 0 aliphatic heterocycles. The summed E-state index contributed by atoms with van der Waals surface area (Å²) in [7, 11) is 0. The van der Waals surface area contributed by atoms with Gasteiger partial charge in [0.05, 0.1) is 17.8 Å². The molecule has 1 aromatic carbocycles. The molecular formula is C22H29FO5. The Hall–Kier alpha value is -2.10. The third-order valence-electron chi connectivity index (χ3n) is 5.38. The number of aliphatic hydroxyl groups is 2. The van der Waals surface area contributed by atoms with Crippen molar-refractivity contribution in [2.75, 3.05) is 6.61 Å². The third-order valence-corrected chi connectivity index (χ3v) is 5.38. The Kier molecular flexibility index (Phi) is 9.26. The predicted octanol–water partition coefficient (Wildman–Crippen LogP) is 3.32. The average molecular weight is 392 g/mol. The average Bonchev–Trinajstić information content (AvgIpc) is 2.92. The number of aliphatic hydroxyl groups excluding tert-OH is 2. The zero-order valence-electron chi connectivity index (χ0n) is 16.0. The first-order chi connectivity index (χ1) is 13.5. The van der Waals surface area contributed by atoms with Gasteiger partial charge in [0.1, 0.15) is 18.5 Å². The van der Waals surface area contributed by atoms with Gasteiger partial charge in [-0.15, -0.1) is 0 Å². The van der Waals surface area contributed by atoms with Crippen LogP contribution in [0, 0.1) is 29.7 Å². The SMILES string of the molecule is O=C(O)CCCCCCC1C(CCOC#Cc2ccccc2F)[C@H](O)C[C@@H]1O. The fourth-order valence-corrected chi connectivity index (χ4v) is 3.89. The van der Waals surface area contributed by atoms with Crippen molar-refractivity contribution in [1.29, 1.82) is 0 Å². The number of ether oxygens (including phenoxy) is 1. The second-order valence-corrected chi connectivity index (χ2v) is 7.39. The van der Waals surface area contributed by atoms with Crippen molar-refractivity contribution in [2.24, 2.45) is 11.8 Å². The molecule has 0 heterocycles. The summed E-state index contributed by atoms with van der Waals surface area (Å²) in [6, 6.07) is 6.22. The quantitative estimate of drug-likeness (QED) is 0.420. The molecule has 1 aliphatic rings. The molecule has 3 N–H and O–H groups in total. The van der Waals surface area contributed by atoms with Crippen molar-refractivity contribution >= 4 is 5.97 Å². The van der Waals surface area contributed by atoms with E-state index in [4.69, 9.17) is 9.84 Å². The first kappa shape index (κ1) is 22.2. The van der Waals surface area contributed by atoms with Gasteiger partial charge in [-0.05, 0) is 55.6 Å². The molecule has 28 heavy (non-hydrogen) atoms. The van der Waals surface area contributed by atoms with E-state index >= 15 is 0 Å². The van der Waals surface area contributed by atoms with Gasteiger partial charge in [0.15, 0.2) is 0 Å². The summed E-state index contributed by atoms with van der Waals surface area (Å²) in [5, 5.41) is 29.1. The van der Waals surface area contributed by atoms with Crippen LogP contribution < -0.4 is 0 Å². The Bertz CT molecular complexity index is 681. The van der Waals surface area contributed by atoms with Gasteiger partial charge in [0, 0.05) is 6.42 Å². The topological polar surface area (TPSA) is 87.0 Å². The number of halogens is 1. The second kappa shape index (κ2) is 11.7. The van der Waals surface area contributed by atoms with Crippen LogP contribution in [0.15, 0.2) is 24.3 Å². The molecule has 1 aromatic rings. The summed E-state index contributed by atoms with van der Waals surface area (Å²) in [5.74, 6) is 1.43. The van der Waals surface area contributed by atoms with Crippen LogP contribution in [0.5, 0.6) is 0 Å². The zero-order chi connectivity index (χ0) is 20.4. The Morgan fingerprint density at radius 1 is 1.07 bits per heavy atom. The van der Waals surface area contributed by atoms with Gasteiger partial charge < -0.3 is 20.1 Å². The minimum atomic E-state index is -0.771. The number of carboxylic acid groups (broad SMARTS) is 1. The van der Waals surface area contributed by atoms with Crippen LogP contribution in [0.25, 0.3) is 0 Å².